The Kier molecular flexibility index (Phi) is 3.88. The van der Waals surface area contributed by atoms with Crippen molar-refractivity contribution in [3.63, 3.8) is 0 Å². The van der Waals surface area contributed by atoms with Gasteiger partial charge in [-0.1, -0.05) is 16.8 Å². The number of hydrogen-bond acceptors (Lipinski definition) is 6. The molecule has 0 aliphatic carbocycles. The van der Waals surface area contributed by atoms with Crippen molar-refractivity contribution in [2.75, 3.05) is 6.54 Å². The van der Waals surface area contributed by atoms with Crippen molar-refractivity contribution < 1.29 is 12.9 Å². The van der Waals surface area contributed by atoms with Gasteiger partial charge in [-0.05, 0) is 6.92 Å². The minimum absolute atomic E-state index is 0.0566. The zero-order valence-electron chi connectivity index (χ0n) is 10.3. The number of rotatable bonds is 5. The van der Waals surface area contributed by atoms with Gasteiger partial charge in [0, 0.05) is 20.0 Å². The SMILES string of the molecule is Cc1noc(CCNS(=O)(=O)c2ncn(C)c2Cl)n1. The monoisotopic (exact) mass is 305 g/mol. The number of aryl methyl sites for hydroxylation is 2. The lowest BCUT2D eigenvalue weighted by atomic mass is 10.4. The maximum atomic E-state index is 11.9. The van der Waals surface area contributed by atoms with E-state index in [0.29, 0.717) is 18.1 Å². The number of nitrogens with zero attached hydrogens (tertiary/aromatic N) is 4. The molecular formula is C9H12ClN5O3S. The quantitative estimate of drug-likeness (QED) is 0.851. The molecule has 2 rings (SSSR count). The summed E-state index contributed by atoms with van der Waals surface area (Å²) in [6, 6.07) is 0. The first-order valence-electron chi connectivity index (χ1n) is 5.36. The zero-order chi connectivity index (χ0) is 14.0. The highest BCUT2D eigenvalue weighted by Crippen LogP contribution is 2.17. The Labute approximate surface area is 114 Å². The topological polar surface area (TPSA) is 103 Å². The fourth-order valence-electron chi connectivity index (χ4n) is 1.38. The molecule has 0 saturated carbocycles. The Morgan fingerprint density at radius 2 is 2.26 bits per heavy atom. The molecule has 10 heteroatoms. The number of halogens is 1. The van der Waals surface area contributed by atoms with Crippen LogP contribution in [0, 0.1) is 6.92 Å². The summed E-state index contributed by atoms with van der Waals surface area (Å²) in [6.07, 6.45) is 1.63. The smallest absolute Gasteiger partial charge is 0.261 e. The molecule has 19 heavy (non-hydrogen) atoms. The van der Waals surface area contributed by atoms with E-state index in [-0.39, 0.29) is 16.7 Å². The molecule has 1 N–H and O–H groups in total. The predicted octanol–water partition coefficient (Wildman–Crippen LogP) is 0.286. The van der Waals surface area contributed by atoms with Crippen molar-refractivity contribution >= 4 is 21.6 Å². The van der Waals surface area contributed by atoms with E-state index >= 15 is 0 Å². The molecule has 104 valence electrons. The van der Waals surface area contributed by atoms with Crippen molar-refractivity contribution in [2.45, 2.75) is 18.4 Å². The lowest BCUT2D eigenvalue weighted by Crippen LogP contribution is -2.26. The van der Waals surface area contributed by atoms with Gasteiger partial charge < -0.3 is 9.09 Å². The second-order valence-corrected chi connectivity index (χ2v) is 5.87. The van der Waals surface area contributed by atoms with Gasteiger partial charge in [0.05, 0.1) is 6.33 Å². The van der Waals surface area contributed by atoms with E-state index in [1.165, 1.54) is 10.9 Å². The van der Waals surface area contributed by atoms with E-state index in [4.69, 9.17) is 16.1 Å². The van der Waals surface area contributed by atoms with Crippen LogP contribution in [0.3, 0.4) is 0 Å². The second-order valence-electron chi connectivity index (χ2n) is 3.83. The van der Waals surface area contributed by atoms with Gasteiger partial charge in [0.25, 0.3) is 10.0 Å². The minimum atomic E-state index is -3.74. The fourth-order valence-corrected chi connectivity index (χ4v) is 2.83. The van der Waals surface area contributed by atoms with Crippen molar-refractivity contribution in [3.05, 3.63) is 23.2 Å². The van der Waals surface area contributed by atoms with E-state index in [2.05, 4.69) is 19.8 Å². The van der Waals surface area contributed by atoms with Crippen LogP contribution in [-0.4, -0.2) is 34.7 Å². The molecule has 0 radical (unpaired) electrons. The Hall–Kier alpha value is -1.45. The minimum Gasteiger partial charge on any atom is -0.339 e. The maximum absolute atomic E-state index is 11.9. The molecule has 2 heterocycles. The molecule has 0 atom stereocenters. The standard InChI is InChI=1S/C9H12ClN5O3S/c1-6-13-7(18-14-6)3-4-12-19(16,17)9-8(10)15(2)5-11-9/h5,12H,3-4H2,1-2H3. The molecule has 0 aromatic carbocycles. The molecule has 0 spiro atoms. The molecule has 0 amide bonds. The number of imidazole rings is 1. The Balaban J connectivity index is 2.00. The first-order chi connectivity index (χ1) is 8.90. The van der Waals surface area contributed by atoms with Crippen LogP contribution in [0.25, 0.3) is 0 Å². The van der Waals surface area contributed by atoms with E-state index in [9.17, 15) is 8.42 Å². The zero-order valence-corrected chi connectivity index (χ0v) is 11.9. The normalized spacial score (nSPS) is 11.9. The predicted molar refractivity (Wildman–Crippen MR) is 66.1 cm³/mol. The van der Waals surface area contributed by atoms with Gasteiger partial charge in [-0.25, -0.2) is 18.1 Å². The van der Waals surface area contributed by atoms with Crippen LogP contribution in [0.5, 0.6) is 0 Å². The summed E-state index contributed by atoms with van der Waals surface area (Å²) >= 11 is 5.83. The van der Waals surface area contributed by atoms with Gasteiger partial charge in [-0.15, -0.1) is 0 Å². The van der Waals surface area contributed by atoms with Gasteiger partial charge in [0.2, 0.25) is 10.9 Å². The largest absolute Gasteiger partial charge is 0.339 e. The average molecular weight is 306 g/mol. The lowest BCUT2D eigenvalue weighted by molar-refractivity contribution is 0.375. The van der Waals surface area contributed by atoms with E-state index in [0.717, 1.165) is 0 Å². The van der Waals surface area contributed by atoms with Crippen LogP contribution in [0.15, 0.2) is 15.9 Å². The Bertz CT molecular complexity index is 678. The molecule has 0 saturated heterocycles. The maximum Gasteiger partial charge on any atom is 0.261 e. The van der Waals surface area contributed by atoms with Crippen LogP contribution >= 0.6 is 11.6 Å². The van der Waals surface area contributed by atoms with Crippen LogP contribution < -0.4 is 4.72 Å². The fraction of sp³-hybridized carbons (Fsp3) is 0.444. The highest BCUT2D eigenvalue weighted by atomic mass is 35.5. The van der Waals surface area contributed by atoms with Crippen molar-refractivity contribution in [2.24, 2.45) is 7.05 Å². The molecular weight excluding hydrogens is 294 g/mol. The number of sulfonamides is 1. The molecule has 2 aromatic rings. The van der Waals surface area contributed by atoms with E-state index in [1.807, 2.05) is 0 Å². The number of aromatic nitrogens is 4. The van der Waals surface area contributed by atoms with Crippen molar-refractivity contribution in [3.8, 4) is 0 Å². The first kappa shape index (κ1) is 14.0. The number of nitrogens with one attached hydrogen (secondary N) is 1. The van der Waals surface area contributed by atoms with Crippen LogP contribution in [-0.2, 0) is 23.5 Å². The Morgan fingerprint density at radius 3 is 2.79 bits per heavy atom. The van der Waals surface area contributed by atoms with Gasteiger partial charge in [-0.2, -0.15) is 4.98 Å². The number of hydrogen-bond donors (Lipinski definition) is 1. The third-order valence-corrected chi connectivity index (χ3v) is 4.24. The van der Waals surface area contributed by atoms with E-state index in [1.54, 1.807) is 14.0 Å². The van der Waals surface area contributed by atoms with Crippen LogP contribution in [0.1, 0.15) is 11.7 Å². The molecule has 0 unspecified atom stereocenters. The Morgan fingerprint density at radius 1 is 1.53 bits per heavy atom. The first-order valence-corrected chi connectivity index (χ1v) is 7.22. The summed E-state index contributed by atoms with van der Waals surface area (Å²) in [4.78, 5) is 7.71. The molecule has 2 aromatic heterocycles. The third kappa shape index (κ3) is 3.11. The molecule has 0 bridgehead atoms. The van der Waals surface area contributed by atoms with Gasteiger partial charge in [0.15, 0.2) is 5.82 Å². The van der Waals surface area contributed by atoms with Crippen molar-refractivity contribution in [1.29, 1.82) is 0 Å². The van der Waals surface area contributed by atoms with Crippen LogP contribution in [0.2, 0.25) is 5.15 Å². The van der Waals surface area contributed by atoms with Gasteiger partial charge in [-0.3, -0.25) is 0 Å². The summed E-state index contributed by atoms with van der Waals surface area (Å²) in [6.45, 7) is 1.81. The highest BCUT2D eigenvalue weighted by Gasteiger charge is 2.21. The van der Waals surface area contributed by atoms with E-state index < -0.39 is 10.0 Å². The highest BCUT2D eigenvalue weighted by molar-refractivity contribution is 7.89. The summed E-state index contributed by atoms with van der Waals surface area (Å²) in [5.41, 5.74) is 0. The lowest BCUT2D eigenvalue weighted by Gasteiger charge is -2.03. The molecule has 0 aliphatic heterocycles. The van der Waals surface area contributed by atoms with Crippen LogP contribution in [0.4, 0.5) is 0 Å². The summed E-state index contributed by atoms with van der Waals surface area (Å²) in [5.74, 6) is 0.873. The summed E-state index contributed by atoms with van der Waals surface area (Å²) in [5, 5.41) is 3.47. The van der Waals surface area contributed by atoms with Gasteiger partial charge in [0.1, 0.15) is 5.15 Å². The average Bonchev–Trinajstić information content (AvgIpc) is 2.87. The summed E-state index contributed by atoms with van der Waals surface area (Å²) in [7, 11) is -2.13. The third-order valence-electron chi connectivity index (χ3n) is 2.29. The summed E-state index contributed by atoms with van der Waals surface area (Å²) < 4.78 is 32.5. The molecule has 8 nitrogen and oxygen atoms in total. The van der Waals surface area contributed by atoms with Gasteiger partial charge >= 0.3 is 0 Å². The molecule has 0 aliphatic rings. The van der Waals surface area contributed by atoms with Crippen molar-refractivity contribution in [1.82, 2.24) is 24.4 Å². The second kappa shape index (κ2) is 5.27. The molecule has 0 fully saturated rings.